The second kappa shape index (κ2) is 17.3. The van der Waals surface area contributed by atoms with E-state index in [0.717, 1.165) is 31.6 Å². The summed E-state index contributed by atoms with van der Waals surface area (Å²) >= 11 is 0. The molecule has 4 aromatic carbocycles. The van der Waals surface area contributed by atoms with Crippen molar-refractivity contribution in [3.8, 4) is 16.9 Å². The molecule has 0 aliphatic heterocycles. The monoisotopic (exact) mass is 586 g/mol. The molecule has 1 aliphatic carbocycles. The molecule has 0 fully saturated rings. The van der Waals surface area contributed by atoms with Gasteiger partial charge in [0.25, 0.3) is 0 Å². The average molecular weight is 587 g/mol. The van der Waals surface area contributed by atoms with E-state index < -0.39 is 0 Å². The first-order valence-electron chi connectivity index (χ1n) is 15.8. The Labute approximate surface area is 268 Å². The predicted octanol–water partition coefficient (Wildman–Crippen LogP) is 12.2. The van der Waals surface area contributed by atoms with E-state index in [1.807, 2.05) is 12.1 Å². The first kappa shape index (κ1) is 36.1. The van der Waals surface area contributed by atoms with Crippen molar-refractivity contribution >= 4 is 0 Å². The maximum atomic E-state index is 9.79. The number of hydrogen-bond acceptors (Lipinski definition) is 1. The predicted molar refractivity (Wildman–Crippen MR) is 195 cm³/mol. The van der Waals surface area contributed by atoms with Crippen LogP contribution in [0.3, 0.4) is 0 Å². The molecule has 1 nitrogen and oxygen atoms in total. The minimum absolute atomic E-state index is 0.0227. The van der Waals surface area contributed by atoms with Gasteiger partial charge in [0.2, 0.25) is 0 Å². The van der Waals surface area contributed by atoms with Crippen LogP contribution in [0.1, 0.15) is 88.6 Å². The summed E-state index contributed by atoms with van der Waals surface area (Å²) in [6, 6.07) is 34.9. The molecule has 232 valence electrons. The van der Waals surface area contributed by atoms with Crippen LogP contribution < -0.4 is 0 Å². The van der Waals surface area contributed by atoms with Crippen LogP contribution in [0, 0.1) is 5.92 Å². The molecular formula is C43H54O. The van der Waals surface area contributed by atoms with Crippen molar-refractivity contribution in [2.45, 2.75) is 78.1 Å². The number of phenols is 1. The highest BCUT2D eigenvalue weighted by atomic mass is 16.3. The van der Waals surface area contributed by atoms with Crippen molar-refractivity contribution in [1.29, 1.82) is 0 Å². The smallest absolute Gasteiger partial charge is 0.115 e. The van der Waals surface area contributed by atoms with Gasteiger partial charge in [-0.2, -0.15) is 0 Å². The molecule has 1 unspecified atom stereocenters. The Hall–Kier alpha value is -4.10. The Bertz CT molecular complexity index is 1390. The maximum Gasteiger partial charge on any atom is 0.115 e. The van der Waals surface area contributed by atoms with Crippen molar-refractivity contribution in [1.82, 2.24) is 0 Å². The SMILES string of the molecule is C=C.C=C.CC(C)(C)c1ccc(-c2ccc(Cc3ccc(C4(c5ccc(O)cc5)CC=CCC4)cc3)cc2)cc1.CC(C)C. The summed E-state index contributed by atoms with van der Waals surface area (Å²) in [5, 5.41) is 9.79. The van der Waals surface area contributed by atoms with Crippen molar-refractivity contribution in [2.75, 3.05) is 0 Å². The molecule has 5 rings (SSSR count). The fourth-order valence-corrected chi connectivity index (χ4v) is 5.46. The molecule has 44 heavy (non-hydrogen) atoms. The molecule has 0 aromatic heterocycles. The zero-order valence-corrected chi connectivity index (χ0v) is 28.1. The van der Waals surface area contributed by atoms with Gasteiger partial charge >= 0.3 is 0 Å². The number of rotatable bonds is 5. The second-order valence-electron chi connectivity index (χ2n) is 13.0. The molecule has 1 aliphatic rings. The fourth-order valence-electron chi connectivity index (χ4n) is 5.46. The fraction of sp³-hybridized carbons (Fsp3) is 0.302. The third kappa shape index (κ3) is 9.98. The zero-order valence-electron chi connectivity index (χ0n) is 28.1. The van der Waals surface area contributed by atoms with E-state index in [4.69, 9.17) is 0 Å². The Morgan fingerprint density at radius 1 is 0.636 bits per heavy atom. The van der Waals surface area contributed by atoms with Gasteiger partial charge in [-0.3, -0.25) is 0 Å². The van der Waals surface area contributed by atoms with Gasteiger partial charge in [-0.15, -0.1) is 26.3 Å². The lowest BCUT2D eigenvalue weighted by molar-refractivity contribution is 0.458. The first-order chi connectivity index (χ1) is 21.1. The molecule has 4 aromatic rings. The number of phenolic OH excluding ortho intramolecular Hbond substituents is 1. The van der Waals surface area contributed by atoms with Gasteiger partial charge in [-0.25, -0.2) is 0 Å². The van der Waals surface area contributed by atoms with Gasteiger partial charge in [0.15, 0.2) is 0 Å². The molecule has 1 N–H and O–H groups in total. The van der Waals surface area contributed by atoms with E-state index in [1.165, 1.54) is 38.9 Å². The van der Waals surface area contributed by atoms with Crippen LogP contribution in [0.4, 0.5) is 0 Å². The van der Waals surface area contributed by atoms with E-state index in [0.29, 0.717) is 5.75 Å². The lowest BCUT2D eigenvalue weighted by atomic mass is 9.67. The van der Waals surface area contributed by atoms with Gasteiger partial charge in [-0.05, 0) is 88.1 Å². The minimum atomic E-state index is -0.0227. The van der Waals surface area contributed by atoms with Crippen LogP contribution >= 0.6 is 0 Å². The van der Waals surface area contributed by atoms with E-state index in [1.54, 1.807) is 0 Å². The van der Waals surface area contributed by atoms with Crippen LogP contribution in [-0.2, 0) is 17.3 Å². The average Bonchev–Trinajstić information content (AvgIpc) is 3.04. The van der Waals surface area contributed by atoms with Crippen molar-refractivity contribution in [3.63, 3.8) is 0 Å². The summed E-state index contributed by atoms with van der Waals surface area (Å²) in [6.45, 7) is 25.3. The highest BCUT2D eigenvalue weighted by Gasteiger charge is 2.34. The topological polar surface area (TPSA) is 20.2 Å². The van der Waals surface area contributed by atoms with Crippen LogP contribution in [0.5, 0.6) is 5.75 Å². The summed E-state index contributed by atoms with van der Waals surface area (Å²) in [6.07, 6.45) is 8.68. The van der Waals surface area contributed by atoms with Crippen LogP contribution in [0.15, 0.2) is 136 Å². The largest absolute Gasteiger partial charge is 0.508 e. The summed E-state index contributed by atoms with van der Waals surface area (Å²) in [7, 11) is 0. The number of hydrogen-bond donors (Lipinski definition) is 1. The maximum absolute atomic E-state index is 9.79. The highest BCUT2D eigenvalue weighted by Crippen LogP contribution is 2.43. The molecular weight excluding hydrogens is 532 g/mol. The zero-order chi connectivity index (χ0) is 32.8. The minimum Gasteiger partial charge on any atom is -0.508 e. The van der Waals surface area contributed by atoms with Crippen LogP contribution in [0.25, 0.3) is 11.1 Å². The Morgan fingerprint density at radius 2 is 1.05 bits per heavy atom. The second-order valence-corrected chi connectivity index (χ2v) is 13.0. The van der Waals surface area contributed by atoms with Crippen LogP contribution in [-0.4, -0.2) is 5.11 Å². The quantitative estimate of drug-likeness (QED) is 0.231. The number of allylic oxidation sites excluding steroid dienone is 2. The molecule has 1 atom stereocenters. The molecule has 1 heteroatoms. The van der Waals surface area contributed by atoms with Gasteiger partial charge in [0, 0.05) is 5.41 Å². The number of aromatic hydroxyl groups is 1. The van der Waals surface area contributed by atoms with Gasteiger partial charge < -0.3 is 5.11 Å². The normalized spacial score (nSPS) is 15.5. The van der Waals surface area contributed by atoms with E-state index in [9.17, 15) is 5.11 Å². The molecule has 0 amide bonds. The standard InChI is InChI=1S/C35H36O.C4H10.2C2H4/c1-34(2,3)30-17-13-29(14-18-30)28-11-7-26(8-12-28)25-27-9-15-31(16-10-27)35(23-5-4-6-24-35)32-19-21-33(36)22-20-32;1-4(2)3;2*1-2/h4-5,7-22,36H,6,23-25H2,1-3H3;4H,1-3H3;2*1-2H2. The molecule has 0 bridgehead atoms. The van der Waals surface area contributed by atoms with E-state index in [-0.39, 0.29) is 10.8 Å². The summed E-state index contributed by atoms with van der Waals surface area (Å²) in [4.78, 5) is 0. The molecule has 0 radical (unpaired) electrons. The first-order valence-corrected chi connectivity index (χ1v) is 15.8. The van der Waals surface area contributed by atoms with Gasteiger partial charge in [-0.1, -0.05) is 139 Å². The lowest BCUT2D eigenvalue weighted by Crippen LogP contribution is -2.28. The van der Waals surface area contributed by atoms with Crippen molar-refractivity contribution < 1.29 is 5.11 Å². The van der Waals surface area contributed by atoms with Gasteiger partial charge in [0.05, 0.1) is 0 Å². The molecule has 0 spiro atoms. The lowest BCUT2D eigenvalue weighted by Gasteiger charge is -2.36. The van der Waals surface area contributed by atoms with Crippen molar-refractivity contribution in [2.24, 2.45) is 5.92 Å². The highest BCUT2D eigenvalue weighted by molar-refractivity contribution is 5.64. The molecule has 0 heterocycles. The Balaban J connectivity index is 0.000000768. The van der Waals surface area contributed by atoms with E-state index >= 15 is 0 Å². The van der Waals surface area contributed by atoms with Crippen molar-refractivity contribution in [3.05, 3.63) is 163 Å². The summed E-state index contributed by atoms with van der Waals surface area (Å²) in [5.74, 6) is 1.16. The Kier molecular flexibility index (Phi) is 14.2. The van der Waals surface area contributed by atoms with Gasteiger partial charge in [0.1, 0.15) is 5.75 Å². The number of benzene rings is 4. The van der Waals surface area contributed by atoms with E-state index in [2.05, 4.69) is 165 Å². The molecule has 0 saturated heterocycles. The van der Waals surface area contributed by atoms with Crippen LogP contribution in [0.2, 0.25) is 0 Å². The summed E-state index contributed by atoms with van der Waals surface area (Å²) < 4.78 is 0. The third-order valence-electron chi connectivity index (χ3n) is 7.74. The Morgan fingerprint density at radius 3 is 1.45 bits per heavy atom. The summed E-state index contributed by atoms with van der Waals surface area (Å²) in [5.41, 5.74) is 9.33. The molecule has 0 saturated carbocycles. The third-order valence-corrected chi connectivity index (χ3v) is 7.74.